The fraction of sp³-hybridized carbons (Fsp3) is 0.0526. The van der Waals surface area contributed by atoms with Crippen molar-refractivity contribution in [2.24, 2.45) is 5.73 Å². The van der Waals surface area contributed by atoms with E-state index in [9.17, 15) is 9.18 Å². The molecule has 0 radical (unpaired) electrons. The zero-order chi connectivity index (χ0) is 18.5. The summed E-state index contributed by atoms with van der Waals surface area (Å²) in [4.78, 5) is 15.2. The molecule has 2 aromatic carbocycles. The standard InChI is InChI=1S/C19H15ClFN3O2/c20-13-8-6-12(7-9-13)11-26-16-5-2-10-23-18(16)14-3-1-4-15(17(14)21)24-19(22)25/h1-10H,11H2,(H3,22,24,25). The lowest BCUT2D eigenvalue weighted by molar-refractivity contribution is 0.259. The van der Waals surface area contributed by atoms with Gasteiger partial charge in [-0.05, 0) is 42.0 Å². The van der Waals surface area contributed by atoms with Gasteiger partial charge in [0.05, 0.1) is 5.69 Å². The maximum absolute atomic E-state index is 14.7. The third-order valence-electron chi connectivity index (χ3n) is 3.59. The predicted molar refractivity (Wildman–Crippen MR) is 98.6 cm³/mol. The molecule has 0 atom stereocenters. The lowest BCUT2D eigenvalue weighted by Crippen LogP contribution is -2.20. The first-order valence-corrected chi connectivity index (χ1v) is 8.10. The number of pyridine rings is 1. The van der Waals surface area contributed by atoms with Crippen molar-refractivity contribution in [3.63, 3.8) is 0 Å². The molecule has 0 aliphatic heterocycles. The van der Waals surface area contributed by atoms with Gasteiger partial charge in [-0.1, -0.05) is 29.8 Å². The van der Waals surface area contributed by atoms with Gasteiger partial charge in [-0.3, -0.25) is 4.98 Å². The summed E-state index contributed by atoms with van der Waals surface area (Å²) in [6.45, 7) is 0.275. The van der Waals surface area contributed by atoms with E-state index in [4.69, 9.17) is 22.1 Å². The number of hydrogen-bond acceptors (Lipinski definition) is 3. The number of carbonyl (C=O) groups excluding carboxylic acids is 1. The highest BCUT2D eigenvalue weighted by atomic mass is 35.5. The fourth-order valence-electron chi connectivity index (χ4n) is 2.40. The third-order valence-corrected chi connectivity index (χ3v) is 3.84. The molecule has 132 valence electrons. The Balaban J connectivity index is 1.90. The van der Waals surface area contributed by atoms with E-state index in [0.717, 1.165) is 5.56 Å². The lowest BCUT2D eigenvalue weighted by atomic mass is 10.1. The third kappa shape index (κ3) is 4.10. The highest BCUT2D eigenvalue weighted by Crippen LogP contribution is 2.33. The van der Waals surface area contributed by atoms with E-state index in [1.165, 1.54) is 12.3 Å². The molecule has 1 aromatic heterocycles. The highest BCUT2D eigenvalue weighted by Gasteiger charge is 2.16. The van der Waals surface area contributed by atoms with Crippen molar-refractivity contribution in [1.82, 2.24) is 4.98 Å². The van der Waals surface area contributed by atoms with Gasteiger partial charge in [0, 0.05) is 16.8 Å². The van der Waals surface area contributed by atoms with Gasteiger partial charge in [0.1, 0.15) is 18.1 Å². The largest absolute Gasteiger partial charge is 0.487 e. The first-order chi connectivity index (χ1) is 12.5. The van der Waals surface area contributed by atoms with Gasteiger partial charge in [-0.2, -0.15) is 0 Å². The number of hydrogen-bond donors (Lipinski definition) is 2. The molecule has 3 rings (SSSR count). The number of primary amides is 1. The van der Waals surface area contributed by atoms with Crippen LogP contribution in [0.5, 0.6) is 5.75 Å². The van der Waals surface area contributed by atoms with Crippen molar-refractivity contribution in [2.75, 3.05) is 5.32 Å². The monoisotopic (exact) mass is 371 g/mol. The van der Waals surface area contributed by atoms with Crippen molar-refractivity contribution in [2.45, 2.75) is 6.61 Å². The van der Waals surface area contributed by atoms with E-state index in [1.807, 2.05) is 12.1 Å². The molecular formula is C19H15ClFN3O2. The second-order valence-electron chi connectivity index (χ2n) is 5.42. The maximum atomic E-state index is 14.7. The number of benzene rings is 2. The summed E-state index contributed by atoms with van der Waals surface area (Å²) in [5.41, 5.74) is 6.48. The van der Waals surface area contributed by atoms with Gasteiger partial charge < -0.3 is 15.8 Å². The Bertz CT molecular complexity index is 932. The van der Waals surface area contributed by atoms with Crippen LogP contribution in [0.1, 0.15) is 5.56 Å². The number of nitrogens with two attached hydrogens (primary N) is 1. The van der Waals surface area contributed by atoms with Crippen LogP contribution >= 0.6 is 11.6 Å². The number of anilines is 1. The van der Waals surface area contributed by atoms with Crippen molar-refractivity contribution in [1.29, 1.82) is 0 Å². The highest BCUT2D eigenvalue weighted by molar-refractivity contribution is 6.30. The normalized spacial score (nSPS) is 10.4. The van der Waals surface area contributed by atoms with E-state index < -0.39 is 11.8 Å². The second kappa shape index (κ2) is 7.84. The lowest BCUT2D eigenvalue weighted by Gasteiger charge is -2.13. The zero-order valence-electron chi connectivity index (χ0n) is 13.6. The first-order valence-electron chi connectivity index (χ1n) is 7.72. The molecule has 5 nitrogen and oxygen atoms in total. The van der Waals surface area contributed by atoms with E-state index >= 15 is 0 Å². The summed E-state index contributed by atoms with van der Waals surface area (Å²) in [5, 5.41) is 2.88. The quantitative estimate of drug-likeness (QED) is 0.687. The van der Waals surface area contributed by atoms with Crippen LogP contribution in [0.15, 0.2) is 60.8 Å². The van der Waals surface area contributed by atoms with Gasteiger partial charge in [0.15, 0.2) is 5.82 Å². The van der Waals surface area contributed by atoms with Crippen molar-refractivity contribution >= 4 is 23.3 Å². The molecule has 0 aliphatic rings. The molecule has 3 N–H and O–H groups in total. The number of aromatic nitrogens is 1. The van der Waals surface area contributed by atoms with Gasteiger partial charge in [0.25, 0.3) is 0 Å². The van der Waals surface area contributed by atoms with E-state index in [1.54, 1.807) is 36.4 Å². The maximum Gasteiger partial charge on any atom is 0.316 e. The minimum absolute atomic E-state index is 0.0238. The molecule has 2 amide bonds. The smallest absolute Gasteiger partial charge is 0.316 e. The van der Waals surface area contributed by atoms with Crippen molar-refractivity contribution in [3.8, 4) is 17.0 Å². The molecule has 1 heterocycles. The zero-order valence-corrected chi connectivity index (χ0v) is 14.3. The Hall–Kier alpha value is -3.12. The van der Waals surface area contributed by atoms with Crippen LogP contribution in [0, 0.1) is 5.82 Å². The molecule has 7 heteroatoms. The molecule has 0 aliphatic carbocycles. The SMILES string of the molecule is NC(=O)Nc1cccc(-c2ncccc2OCc2ccc(Cl)cc2)c1F. The van der Waals surface area contributed by atoms with Crippen LogP contribution in [0.2, 0.25) is 5.02 Å². The topological polar surface area (TPSA) is 77.2 Å². The minimum Gasteiger partial charge on any atom is -0.487 e. The minimum atomic E-state index is -0.846. The predicted octanol–water partition coefficient (Wildman–Crippen LogP) is 4.61. The van der Waals surface area contributed by atoms with Gasteiger partial charge in [0.2, 0.25) is 0 Å². The van der Waals surface area contributed by atoms with Crippen LogP contribution in [-0.2, 0) is 6.61 Å². The summed E-state index contributed by atoms with van der Waals surface area (Å²) < 4.78 is 20.5. The van der Waals surface area contributed by atoms with Crippen LogP contribution in [-0.4, -0.2) is 11.0 Å². The summed E-state index contributed by atoms with van der Waals surface area (Å²) >= 11 is 5.87. The summed E-state index contributed by atoms with van der Waals surface area (Å²) in [7, 11) is 0. The Kier molecular flexibility index (Phi) is 5.34. The molecule has 3 aromatic rings. The average Bonchev–Trinajstić information content (AvgIpc) is 2.63. The number of amides is 2. The summed E-state index contributed by atoms with van der Waals surface area (Å²) in [6, 6.07) is 14.3. The molecular weight excluding hydrogens is 357 g/mol. The van der Waals surface area contributed by atoms with Gasteiger partial charge >= 0.3 is 6.03 Å². The van der Waals surface area contributed by atoms with Gasteiger partial charge in [-0.15, -0.1) is 0 Å². The number of nitrogens with one attached hydrogen (secondary N) is 1. The molecule has 0 unspecified atom stereocenters. The van der Waals surface area contributed by atoms with Crippen molar-refractivity contribution in [3.05, 3.63) is 77.2 Å². The number of halogens is 2. The van der Waals surface area contributed by atoms with E-state index in [0.29, 0.717) is 16.5 Å². The van der Waals surface area contributed by atoms with Crippen LogP contribution in [0.4, 0.5) is 14.9 Å². The molecule has 0 spiro atoms. The molecule has 0 fully saturated rings. The fourth-order valence-corrected chi connectivity index (χ4v) is 2.52. The molecule has 26 heavy (non-hydrogen) atoms. The van der Waals surface area contributed by atoms with Crippen LogP contribution in [0.25, 0.3) is 11.3 Å². The second-order valence-corrected chi connectivity index (χ2v) is 5.86. The van der Waals surface area contributed by atoms with Gasteiger partial charge in [-0.25, -0.2) is 9.18 Å². The Morgan fingerprint density at radius 1 is 1.15 bits per heavy atom. The first kappa shape index (κ1) is 17.7. The van der Waals surface area contributed by atoms with Crippen LogP contribution < -0.4 is 15.8 Å². The van der Waals surface area contributed by atoms with Crippen molar-refractivity contribution < 1.29 is 13.9 Å². The molecule has 0 saturated heterocycles. The number of carbonyl (C=O) groups is 1. The number of urea groups is 1. The van der Waals surface area contributed by atoms with E-state index in [2.05, 4.69) is 10.3 Å². The molecule has 0 bridgehead atoms. The average molecular weight is 372 g/mol. The Labute approximate surface area is 154 Å². The number of ether oxygens (including phenoxy) is 1. The summed E-state index contributed by atoms with van der Waals surface area (Å²) in [5.74, 6) is -0.223. The Morgan fingerprint density at radius 3 is 2.65 bits per heavy atom. The molecule has 0 saturated carbocycles. The number of rotatable bonds is 5. The number of nitrogens with zero attached hydrogens (tertiary/aromatic N) is 1. The Morgan fingerprint density at radius 2 is 1.92 bits per heavy atom. The van der Waals surface area contributed by atoms with E-state index in [-0.39, 0.29) is 17.9 Å². The summed E-state index contributed by atoms with van der Waals surface area (Å²) in [6.07, 6.45) is 1.54. The van der Waals surface area contributed by atoms with Crippen LogP contribution in [0.3, 0.4) is 0 Å².